The van der Waals surface area contributed by atoms with Gasteiger partial charge in [-0.2, -0.15) is 0 Å². The van der Waals surface area contributed by atoms with Crippen LogP contribution in [0.1, 0.15) is 76.0 Å². The van der Waals surface area contributed by atoms with Crippen LogP contribution in [0.3, 0.4) is 0 Å². The molecule has 0 aliphatic heterocycles. The van der Waals surface area contributed by atoms with Gasteiger partial charge in [-0.05, 0) is 46.6 Å². The van der Waals surface area contributed by atoms with E-state index in [1.165, 1.54) is 33.2 Å². The Morgan fingerprint density at radius 3 is 2.18 bits per heavy atom. The molecule has 5 rings (SSSR count). The van der Waals surface area contributed by atoms with E-state index in [2.05, 4.69) is 101 Å². The average molecular weight is 437 g/mol. The van der Waals surface area contributed by atoms with E-state index in [9.17, 15) is 0 Å². The van der Waals surface area contributed by atoms with Crippen LogP contribution >= 0.6 is 0 Å². The normalized spacial score (nSPS) is 12.2. The van der Waals surface area contributed by atoms with Gasteiger partial charge in [0.2, 0.25) is 0 Å². The Labute approximate surface area is 196 Å². The highest BCUT2D eigenvalue weighted by Gasteiger charge is 2.23. The summed E-state index contributed by atoms with van der Waals surface area (Å²) in [4.78, 5) is 4.76. The lowest BCUT2D eigenvalue weighted by molar-refractivity contribution is 0.655. The van der Waals surface area contributed by atoms with Crippen LogP contribution in [0.25, 0.3) is 39.0 Å². The largest absolute Gasteiger partial charge is 0.456 e. The summed E-state index contributed by atoms with van der Waals surface area (Å²) in [5.74, 6) is 2.14. The molecule has 3 aromatic carbocycles. The Balaban J connectivity index is 1.93. The fourth-order valence-electron chi connectivity index (χ4n) is 4.79. The van der Waals surface area contributed by atoms with Crippen molar-refractivity contribution in [1.82, 2.24) is 9.55 Å². The van der Waals surface area contributed by atoms with E-state index in [0.29, 0.717) is 17.8 Å². The van der Waals surface area contributed by atoms with Gasteiger partial charge in [-0.1, -0.05) is 84.0 Å². The number of hydrogen-bond acceptors (Lipinski definition) is 2. The summed E-state index contributed by atoms with van der Waals surface area (Å²) in [6.07, 6.45) is 3.98. The SMILES string of the molecule is CC(C)c1cc(C(C)C)c2oc3ccc(C(C)C)c(-n4ccnc4-c4ccccc4)c3c2c1. The number of rotatable bonds is 5. The predicted molar refractivity (Wildman–Crippen MR) is 139 cm³/mol. The molecule has 0 saturated carbocycles. The Bertz CT molecular complexity index is 1440. The van der Waals surface area contributed by atoms with E-state index in [0.717, 1.165) is 22.6 Å². The molecule has 0 aliphatic rings. The second-order valence-corrected chi connectivity index (χ2v) is 9.92. The van der Waals surface area contributed by atoms with Crippen molar-refractivity contribution in [3.05, 3.63) is 83.7 Å². The van der Waals surface area contributed by atoms with Crippen LogP contribution in [0, 0.1) is 0 Å². The summed E-state index contributed by atoms with van der Waals surface area (Å²) in [6, 6.07) is 19.4. The van der Waals surface area contributed by atoms with E-state index in [-0.39, 0.29) is 0 Å². The number of furan rings is 1. The monoisotopic (exact) mass is 436 g/mol. The minimum absolute atomic E-state index is 0.359. The van der Waals surface area contributed by atoms with Gasteiger partial charge in [0.05, 0.1) is 11.1 Å². The maximum atomic E-state index is 6.56. The topological polar surface area (TPSA) is 31.0 Å². The zero-order valence-corrected chi connectivity index (χ0v) is 20.4. The Kier molecular flexibility index (Phi) is 5.36. The molecule has 0 amide bonds. The van der Waals surface area contributed by atoms with Crippen molar-refractivity contribution in [1.29, 1.82) is 0 Å². The van der Waals surface area contributed by atoms with Gasteiger partial charge in [0.25, 0.3) is 0 Å². The highest BCUT2D eigenvalue weighted by molar-refractivity contribution is 6.11. The Morgan fingerprint density at radius 1 is 0.788 bits per heavy atom. The molecular formula is C30H32N2O. The third-order valence-electron chi connectivity index (χ3n) is 6.62. The van der Waals surface area contributed by atoms with Crippen LogP contribution in [-0.2, 0) is 0 Å². The van der Waals surface area contributed by atoms with Crippen LogP contribution in [-0.4, -0.2) is 9.55 Å². The van der Waals surface area contributed by atoms with Gasteiger partial charge in [0, 0.05) is 23.3 Å². The minimum atomic E-state index is 0.359. The maximum Gasteiger partial charge on any atom is 0.144 e. The van der Waals surface area contributed by atoms with Gasteiger partial charge < -0.3 is 4.42 Å². The number of benzene rings is 3. The molecular weight excluding hydrogens is 404 g/mol. The highest BCUT2D eigenvalue weighted by atomic mass is 16.3. The standard InChI is InChI=1S/C30H32N2O/c1-18(2)22-16-24(20(5)6)29-25(17-22)27-26(33-29)13-12-23(19(3)4)28(27)32-15-14-31-30(32)21-10-8-7-9-11-21/h7-20H,1-6H3. The third kappa shape index (κ3) is 3.56. The van der Waals surface area contributed by atoms with Crippen LogP contribution < -0.4 is 0 Å². The van der Waals surface area contributed by atoms with Gasteiger partial charge in [0.1, 0.15) is 17.0 Å². The molecule has 0 N–H and O–H groups in total. The van der Waals surface area contributed by atoms with Gasteiger partial charge >= 0.3 is 0 Å². The van der Waals surface area contributed by atoms with Crippen LogP contribution in [0.4, 0.5) is 0 Å². The van der Waals surface area contributed by atoms with E-state index < -0.39 is 0 Å². The Hall–Kier alpha value is -3.33. The van der Waals surface area contributed by atoms with Crippen LogP contribution in [0.5, 0.6) is 0 Å². The van der Waals surface area contributed by atoms with Crippen molar-refractivity contribution >= 4 is 21.9 Å². The van der Waals surface area contributed by atoms with E-state index in [1.807, 2.05) is 12.3 Å². The molecule has 3 heteroatoms. The first-order valence-electron chi connectivity index (χ1n) is 12.0. The van der Waals surface area contributed by atoms with Crippen molar-refractivity contribution in [3.8, 4) is 17.1 Å². The smallest absolute Gasteiger partial charge is 0.144 e. The van der Waals surface area contributed by atoms with Crippen molar-refractivity contribution in [2.24, 2.45) is 0 Å². The maximum absolute atomic E-state index is 6.56. The van der Waals surface area contributed by atoms with Gasteiger partial charge in [-0.3, -0.25) is 4.57 Å². The summed E-state index contributed by atoms with van der Waals surface area (Å²) >= 11 is 0. The molecule has 33 heavy (non-hydrogen) atoms. The van der Waals surface area contributed by atoms with Crippen molar-refractivity contribution in [3.63, 3.8) is 0 Å². The molecule has 5 aromatic rings. The zero-order chi connectivity index (χ0) is 23.3. The lowest BCUT2D eigenvalue weighted by atomic mass is 9.91. The van der Waals surface area contributed by atoms with E-state index >= 15 is 0 Å². The predicted octanol–water partition coefficient (Wildman–Crippen LogP) is 8.81. The molecule has 0 radical (unpaired) electrons. The first-order chi connectivity index (χ1) is 15.9. The van der Waals surface area contributed by atoms with Crippen LogP contribution in [0.2, 0.25) is 0 Å². The Morgan fingerprint density at radius 2 is 1.52 bits per heavy atom. The summed E-state index contributed by atoms with van der Waals surface area (Å²) in [7, 11) is 0. The molecule has 2 aromatic heterocycles. The molecule has 2 heterocycles. The van der Waals surface area contributed by atoms with Gasteiger partial charge in [-0.15, -0.1) is 0 Å². The summed E-state index contributed by atoms with van der Waals surface area (Å²) < 4.78 is 8.81. The lowest BCUT2D eigenvalue weighted by Crippen LogP contribution is -2.03. The lowest BCUT2D eigenvalue weighted by Gasteiger charge is -2.17. The number of hydrogen-bond donors (Lipinski definition) is 0. The summed E-state index contributed by atoms with van der Waals surface area (Å²) in [5, 5.41) is 2.38. The number of nitrogens with zero attached hydrogens (tertiary/aromatic N) is 2. The molecule has 0 unspecified atom stereocenters. The van der Waals surface area contributed by atoms with Crippen molar-refractivity contribution in [2.45, 2.75) is 59.3 Å². The molecule has 0 spiro atoms. The molecule has 0 fully saturated rings. The molecule has 3 nitrogen and oxygen atoms in total. The molecule has 0 bridgehead atoms. The number of fused-ring (bicyclic) bond motifs is 3. The zero-order valence-electron chi connectivity index (χ0n) is 20.4. The number of imidazole rings is 1. The molecule has 0 saturated heterocycles. The highest BCUT2D eigenvalue weighted by Crippen LogP contribution is 2.42. The van der Waals surface area contributed by atoms with E-state index in [4.69, 9.17) is 9.40 Å². The quantitative estimate of drug-likeness (QED) is 0.275. The fraction of sp³-hybridized carbons (Fsp3) is 0.300. The van der Waals surface area contributed by atoms with Gasteiger partial charge in [-0.25, -0.2) is 4.98 Å². The first-order valence-corrected chi connectivity index (χ1v) is 12.0. The first kappa shape index (κ1) is 21.5. The minimum Gasteiger partial charge on any atom is -0.456 e. The third-order valence-corrected chi connectivity index (χ3v) is 6.62. The fourth-order valence-corrected chi connectivity index (χ4v) is 4.79. The summed E-state index contributed by atoms with van der Waals surface area (Å²) in [6.45, 7) is 13.5. The summed E-state index contributed by atoms with van der Waals surface area (Å²) in [5.41, 5.74) is 8.14. The average Bonchev–Trinajstić information content (AvgIpc) is 3.43. The molecule has 0 aliphatic carbocycles. The second kappa shape index (κ2) is 8.22. The molecule has 0 atom stereocenters. The van der Waals surface area contributed by atoms with E-state index in [1.54, 1.807) is 0 Å². The second-order valence-electron chi connectivity index (χ2n) is 9.92. The van der Waals surface area contributed by atoms with Crippen molar-refractivity contribution < 1.29 is 4.42 Å². The molecule has 168 valence electrons. The van der Waals surface area contributed by atoms with Gasteiger partial charge in [0.15, 0.2) is 0 Å². The van der Waals surface area contributed by atoms with Crippen LogP contribution in [0.15, 0.2) is 71.4 Å². The van der Waals surface area contributed by atoms with Crippen molar-refractivity contribution in [2.75, 3.05) is 0 Å². The number of aromatic nitrogens is 2.